The molecule has 4 unspecified atom stereocenters. The molecule has 78 valence electrons. The van der Waals surface area contributed by atoms with Crippen molar-refractivity contribution in [3.8, 4) is 0 Å². The van der Waals surface area contributed by atoms with Crippen molar-refractivity contribution in [3.05, 3.63) is 36.5 Å². The second kappa shape index (κ2) is 3.43. The molecule has 3 aliphatic rings. The van der Waals surface area contributed by atoms with E-state index in [2.05, 4.69) is 29.1 Å². The summed E-state index contributed by atoms with van der Waals surface area (Å²) in [5.41, 5.74) is 6.46. The average molecular weight is 202 g/mol. The molecule has 1 saturated heterocycles. The van der Waals surface area contributed by atoms with Crippen molar-refractivity contribution >= 4 is 5.78 Å². The molecule has 2 N–H and O–H groups in total. The third-order valence-electron chi connectivity index (χ3n) is 3.43. The maximum atomic E-state index is 11.9. The summed E-state index contributed by atoms with van der Waals surface area (Å²) in [6, 6.07) is 0.412. The zero-order valence-electron chi connectivity index (χ0n) is 8.39. The van der Waals surface area contributed by atoms with Gasteiger partial charge in [-0.15, -0.1) is 0 Å². The number of carbonyl (C=O) groups is 1. The SMILES string of the molecule is O=C1CC=CC2NNC3C=CC=CC3C12. The van der Waals surface area contributed by atoms with Crippen LogP contribution in [0.4, 0.5) is 0 Å². The van der Waals surface area contributed by atoms with Gasteiger partial charge in [0.15, 0.2) is 0 Å². The Morgan fingerprint density at radius 2 is 1.87 bits per heavy atom. The normalized spacial score (nSPS) is 42.5. The van der Waals surface area contributed by atoms with Gasteiger partial charge in [-0.2, -0.15) is 0 Å². The quantitative estimate of drug-likeness (QED) is 0.569. The smallest absolute Gasteiger partial charge is 0.142 e. The number of hydrogen-bond donors (Lipinski definition) is 2. The molecule has 1 heterocycles. The van der Waals surface area contributed by atoms with Crippen molar-refractivity contribution in [2.24, 2.45) is 11.8 Å². The molecular formula is C12H14N2O. The summed E-state index contributed by atoms with van der Waals surface area (Å²) >= 11 is 0. The van der Waals surface area contributed by atoms with E-state index in [1.807, 2.05) is 18.2 Å². The van der Waals surface area contributed by atoms with Crippen molar-refractivity contribution in [2.45, 2.75) is 18.5 Å². The van der Waals surface area contributed by atoms with Crippen molar-refractivity contribution in [1.82, 2.24) is 10.9 Å². The molecule has 0 radical (unpaired) electrons. The van der Waals surface area contributed by atoms with Crippen molar-refractivity contribution in [2.75, 3.05) is 0 Å². The van der Waals surface area contributed by atoms with E-state index in [0.717, 1.165) is 0 Å². The zero-order chi connectivity index (χ0) is 10.3. The first kappa shape index (κ1) is 9.07. The number of fused-ring (bicyclic) bond motifs is 3. The van der Waals surface area contributed by atoms with E-state index in [9.17, 15) is 4.79 Å². The van der Waals surface area contributed by atoms with E-state index in [-0.39, 0.29) is 18.0 Å². The number of hydrazine groups is 1. The molecule has 3 heteroatoms. The summed E-state index contributed by atoms with van der Waals surface area (Å²) in [5, 5.41) is 0. The van der Waals surface area contributed by atoms with Gasteiger partial charge in [0.25, 0.3) is 0 Å². The molecule has 2 aliphatic carbocycles. The third kappa shape index (κ3) is 1.39. The summed E-state index contributed by atoms with van der Waals surface area (Å²) in [4.78, 5) is 11.9. The highest BCUT2D eigenvalue weighted by Crippen LogP contribution is 2.31. The van der Waals surface area contributed by atoms with Gasteiger partial charge in [-0.05, 0) is 0 Å². The molecule has 0 bridgehead atoms. The first-order valence-corrected chi connectivity index (χ1v) is 5.42. The van der Waals surface area contributed by atoms with Gasteiger partial charge in [0.2, 0.25) is 0 Å². The first-order valence-electron chi connectivity index (χ1n) is 5.42. The van der Waals surface area contributed by atoms with Gasteiger partial charge in [-0.1, -0.05) is 36.5 Å². The summed E-state index contributed by atoms with van der Waals surface area (Å²) in [7, 11) is 0. The highest BCUT2D eigenvalue weighted by molar-refractivity contribution is 5.85. The Labute approximate surface area is 88.9 Å². The molecule has 0 aromatic heterocycles. The van der Waals surface area contributed by atoms with Gasteiger partial charge in [0, 0.05) is 30.3 Å². The minimum Gasteiger partial charge on any atom is -0.299 e. The van der Waals surface area contributed by atoms with Crippen LogP contribution in [-0.4, -0.2) is 17.9 Å². The van der Waals surface area contributed by atoms with E-state index < -0.39 is 0 Å². The molecule has 1 fully saturated rings. The fourth-order valence-corrected chi connectivity index (χ4v) is 2.68. The summed E-state index contributed by atoms with van der Waals surface area (Å²) in [6.45, 7) is 0. The standard InChI is InChI=1S/C12H14N2O/c15-11-7-3-6-10-12(11)8-4-1-2-5-9(8)13-14-10/h1-6,8-10,12-14H,7H2. The van der Waals surface area contributed by atoms with Crippen LogP contribution in [0.3, 0.4) is 0 Å². The van der Waals surface area contributed by atoms with Crippen LogP contribution in [0.2, 0.25) is 0 Å². The van der Waals surface area contributed by atoms with Crippen LogP contribution in [-0.2, 0) is 4.79 Å². The molecule has 3 rings (SSSR count). The number of rotatable bonds is 0. The molecular weight excluding hydrogens is 188 g/mol. The second-order valence-electron chi connectivity index (χ2n) is 4.31. The van der Waals surface area contributed by atoms with Gasteiger partial charge in [0.1, 0.15) is 5.78 Å². The van der Waals surface area contributed by atoms with E-state index >= 15 is 0 Å². The van der Waals surface area contributed by atoms with Crippen molar-refractivity contribution < 1.29 is 4.79 Å². The summed E-state index contributed by atoms with van der Waals surface area (Å²) < 4.78 is 0. The van der Waals surface area contributed by atoms with Crippen LogP contribution in [0.15, 0.2) is 36.5 Å². The fraction of sp³-hybridized carbons (Fsp3) is 0.417. The highest BCUT2D eigenvalue weighted by Gasteiger charge is 2.41. The summed E-state index contributed by atoms with van der Waals surface area (Å²) in [5.74, 6) is 0.757. The van der Waals surface area contributed by atoms with Gasteiger partial charge in [0.05, 0.1) is 0 Å². The van der Waals surface area contributed by atoms with Crippen LogP contribution in [0, 0.1) is 11.8 Å². The Kier molecular flexibility index (Phi) is 2.08. The number of nitrogens with one attached hydrogen (secondary N) is 2. The number of ketones is 1. The fourth-order valence-electron chi connectivity index (χ4n) is 2.68. The highest BCUT2D eigenvalue weighted by atomic mass is 16.1. The summed E-state index contributed by atoms with van der Waals surface area (Å²) in [6.07, 6.45) is 13.0. The Morgan fingerprint density at radius 3 is 2.80 bits per heavy atom. The van der Waals surface area contributed by atoms with Gasteiger partial charge >= 0.3 is 0 Å². The topological polar surface area (TPSA) is 41.1 Å². The number of carbonyl (C=O) groups excluding carboxylic acids is 1. The molecule has 4 atom stereocenters. The minimum atomic E-state index is 0.0995. The Balaban J connectivity index is 1.94. The van der Waals surface area contributed by atoms with Crippen LogP contribution >= 0.6 is 0 Å². The lowest BCUT2D eigenvalue weighted by Gasteiger charge is -2.42. The van der Waals surface area contributed by atoms with Crippen LogP contribution < -0.4 is 10.9 Å². The second-order valence-corrected chi connectivity index (χ2v) is 4.31. The first-order chi connectivity index (χ1) is 7.36. The van der Waals surface area contributed by atoms with E-state index in [4.69, 9.17) is 0 Å². The van der Waals surface area contributed by atoms with Gasteiger partial charge < -0.3 is 0 Å². The van der Waals surface area contributed by atoms with Crippen LogP contribution in [0.25, 0.3) is 0 Å². The number of Topliss-reactive ketones (excluding diaryl/α,β-unsaturated/α-hetero) is 1. The largest absolute Gasteiger partial charge is 0.299 e. The molecule has 15 heavy (non-hydrogen) atoms. The number of hydrogen-bond acceptors (Lipinski definition) is 3. The van der Waals surface area contributed by atoms with E-state index in [0.29, 0.717) is 18.1 Å². The van der Waals surface area contributed by atoms with Crippen molar-refractivity contribution in [1.29, 1.82) is 0 Å². The average Bonchev–Trinajstić information content (AvgIpc) is 2.29. The molecule has 0 spiro atoms. The van der Waals surface area contributed by atoms with Crippen molar-refractivity contribution in [3.63, 3.8) is 0 Å². The lowest BCUT2D eigenvalue weighted by atomic mass is 9.73. The van der Waals surface area contributed by atoms with Crippen LogP contribution in [0.5, 0.6) is 0 Å². The predicted molar refractivity (Wildman–Crippen MR) is 57.9 cm³/mol. The molecule has 3 nitrogen and oxygen atoms in total. The maximum absolute atomic E-state index is 11.9. The Hall–Kier alpha value is -1.19. The van der Waals surface area contributed by atoms with Gasteiger partial charge in [-0.25, -0.2) is 10.9 Å². The Morgan fingerprint density at radius 1 is 1.07 bits per heavy atom. The lowest BCUT2D eigenvalue weighted by molar-refractivity contribution is -0.125. The maximum Gasteiger partial charge on any atom is 0.142 e. The van der Waals surface area contributed by atoms with E-state index in [1.54, 1.807) is 0 Å². The van der Waals surface area contributed by atoms with E-state index in [1.165, 1.54) is 0 Å². The third-order valence-corrected chi connectivity index (χ3v) is 3.43. The zero-order valence-corrected chi connectivity index (χ0v) is 8.39. The molecule has 0 aromatic rings. The van der Waals surface area contributed by atoms with Gasteiger partial charge in [-0.3, -0.25) is 4.79 Å². The minimum absolute atomic E-state index is 0.0995. The molecule has 0 saturated carbocycles. The Bertz CT molecular complexity index is 370. The van der Waals surface area contributed by atoms with Crippen LogP contribution in [0.1, 0.15) is 6.42 Å². The lowest BCUT2D eigenvalue weighted by Crippen LogP contribution is -2.62. The molecule has 0 aromatic carbocycles. The molecule has 1 aliphatic heterocycles. The monoisotopic (exact) mass is 202 g/mol. The molecule has 0 amide bonds. The predicted octanol–water partition coefficient (Wildman–Crippen LogP) is 0.719. The number of allylic oxidation sites excluding steroid dienone is 3.